The Bertz CT molecular complexity index is 648. The van der Waals surface area contributed by atoms with Gasteiger partial charge in [-0.05, 0) is 25.0 Å². The van der Waals surface area contributed by atoms with Crippen molar-refractivity contribution in [3.05, 3.63) is 23.8 Å². The summed E-state index contributed by atoms with van der Waals surface area (Å²) in [7, 11) is 1.56. The number of para-hydroxylation sites is 1. The van der Waals surface area contributed by atoms with Crippen molar-refractivity contribution in [3.63, 3.8) is 0 Å². The van der Waals surface area contributed by atoms with Crippen LogP contribution >= 0.6 is 0 Å². The lowest BCUT2D eigenvalue weighted by Crippen LogP contribution is -2.52. The Morgan fingerprint density at radius 1 is 1.33 bits per heavy atom. The van der Waals surface area contributed by atoms with E-state index in [1.165, 1.54) is 0 Å². The highest BCUT2D eigenvalue weighted by atomic mass is 16.6. The van der Waals surface area contributed by atoms with Crippen LogP contribution in [-0.4, -0.2) is 55.7 Å². The maximum absolute atomic E-state index is 13.2. The van der Waals surface area contributed by atoms with Crippen molar-refractivity contribution >= 4 is 11.8 Å². The van der Waals surface area contributed by atoms with Crippen LogP contribution in [0, 0.1) is 0 Å². The van der Waals surface area contributed by atoms with Gasteiger partial charge in [0.2, 0.25) is 5.91 Å². The standard InChI is InChI=1S/C17H22N2O5/c1-22-11-17(10-14(18)20)6-3-7-19(17)16(21)12-4-2-5-13-15(12)24-9-8-23-13/h2,4-5H,3,6-11H2,1H3,(H2,18,20)/t17-/m1/s1. The molecule has 1 fully saturated rings. The van der Waals surface area contributed by atoms with E-state index in [4.69, 9.17) is 19.9 Å². The molecule has 7 heteroatoms. The van der Waals surface area contributed by atoms with Gasteiger partial charge in [0.15, 0.2) is 11.5 Å². The molecule has 2 heterocycles. The van der Waals surface area contributed by atoms with Gasteiger partial charge in [-0.3, -0.25) is 9.59 Å². The summed E-state index contributed by atoms with van der Waals surface area (Å²) >= 11 is 0. The number of carbonyl (C=O) groups excluding carboxylic acids is 2. The molecule has 3 rings (SSSR count). The van der Waals surface area contributed by atoms with E-state index in [-0.39, 0.29) is 18.9 Å². The second-order valence-electron chi connectivity index (χ2n) is 6.19. The number of likely N-dealkylation sites (tertiary alicyclic amines) is 1. The summed E-state index contributed by atoms with van der Waals surface area (Å²) in [4.78, 5) is 26.4. The fourth-order valence-corrected chi connectivity index (χ4v) is 3.62. The molecular weight excluding hydrogens is 312 g/mol. The van der Waals surface area contributed by atoms with Gasteiger partial charge >= 0.3 is 0 Å². The fourth-order valence-electron chi connectivity index (χ4n) is 3.62. The Balaban J connectivity index is 1.95. The number of ether oxygens (including phenoxy) is 3. The Morgan fingerprint density at radius 2 is 2.12 bits per heavy atom. The van der Waals surface area contributed by atoms with E-state index in [2.05, 4.69) is 0 Å². The largest absolute Gasteiger partial charge is 0.486 e. The minimum absolute atomic E-state index is 0.0823. The maximum Gasteiger partial charge on any atom is 0.258 e. The molecule has 1 aromatic rings. The Kier molecular flexibility index (Phi) is 4.62. The number of nitrogens with two attached hydrogens (primary N) is 1. The van der Waals surface area contributed by atoms with Crippen LogP contribution in [0.3, 0.4) is 0 Å². The summed E-state index contributed by atoms with van der Waals surface area (Å²) in [6.07, 6.45) is 1.57. The first-order valence-electron chi connectivity index (χ1n) is 8.05. The number of amides is 2. The zero-order valence-corrected chi connectivity index (χ0v) is 13.7. The number of carbonyl (C=O) groups is 2. The molecule has 1 atom stereocenters. The van der Waals surface area contributed by atoms with Gasteiger partial charge in [-0.1, -0.05) is 6.07 Å². The number of primary amides is 1. The van der Waals surface area contributed by atoms with Gasteiger partial charge < -0.3 is 24.8 Å². The molecule has 0 aliphatic carbocycles. The van der Waals surface area contributed by atoms with Gasteiger partial charge in [0, 0.05) is 13.7 Å². The first-order chi connectivity index (χ1) is 11.6. The predicted molar refractivity (Wildman–Crippen MR) is 86.1 cm³/mol. The van der Waals surface area contributed by atoms with Gasteiger partial charge in [-0.25, -0.2) is 0 Å². The summed E-state index contributed by atoms with van der Waals surface area (Å²) < 4.78 is 16.5. The Hall–Kier alpha value is -2.28. The van der Waals surface area contributed by atoms with E-state index in [0.717, 1.165) is 6.42 Å². The van der Waals surface area contributed by atoms with Gasteiger partial charge in [-0.2, -0.15) is 0 Å². The van der Waals surface area contributed by atoms with Crippen molar-refractivity contribution in [1.82, 2.24) is 4.90 Å². The third kappa shape index (κ3) is 2.91. The highest BCUT2D eigenvalue weighted by Gasteiger charge is 2.45. The van der Waals surface area contributed by atoms with Crippen molar-refractivity contribution in [2.45, 2.75) is 24.8 Å². The molecule has 2 aliphatic heterocycles. The fraction of sp³-hybridized carbons (Fsp3) is 0.529. The number of benzene rings is 1. The normalized spacial score (nSPS) is 22.5. The minimum Gasteiger partial charge on any atom is -0.486 e. The zero-order valence-electron chi connectivity index (χ0n) is 13.7. The number of fused-ring (bicyclic) bond motifs is 1. The summed E-state index contributed by atoms with van der Waals surface area (Å²) in [6, 6.07) is 5.26. The molecule has 0 bridgehead atoms. The average Bonchev–Trinajstić information content (AvgIpc) is 2.96. The molecule has 0 radical (unpaired) electrons. The molecular formula is C17H22N2O5. The molecule has 2 amide bonds. The summed E-state index contributed by atoms with van der Waals surface area (Å²) in [5, 5.41) is 0. The van der Waals surface area contributed by atoms with Gasteiger partial charge in [-0.15, -0.1) is 0 Å². The first kappa shape index (κ1) is 16.6. The molecule has 0 aromatic heterocycles. The second kappa shape index (κ2) is 6.68. The number of rotatable bonds is 5. The third-order valence-corrected chi connectivity index (χ3v) is 4.55. The van der Waals surface area contributed by atoms with Crippen LogP contribution in [0.5, 0.6) is 11.5 Å². The zero-order chi connectivity index (χ0) is 17.2. The maximum atomic E-state index is 13.2. The van der Waals surface area contributed by atoms with Crippen molar-refractivity contribution in [2.75, 3.05) is 33.5 Å². The van der Waals surface area contributed by atoms with E-state index in [1.54, 1.807) is 30.2 Å². The quantitative estimate of drug-likeness (QED) is 0.866. The summed E-state index contributed by atoms with van der Waals surface area (Å²) in [5.41, 5.74) is 5.17. The highest BCUT2D eigenvalue weighted by Crippen LogP contribution is 2.39. The smallest absolute Gasteiger partial charge is 0.258 e. The van der Waals surface area contributed by atoms with E-state index >= 15 is 0 Å². The SMILES string of the molecule is COC[C@]1(CC(N)=O)CCCN1C(=O)c1cccc2c1OCCO2. The van der Waals surface area contributed by atoms with Crippen molar-refractivity contribution in [1.29, 1.82) is 0 Å². The van der Waals surface area contributed by atoms with Gasteiger partial charge in [0.05, 0.1) is 24.1 Å². The Labute approximate surface area is 140 Å². The van der Waals surface area contributed by atoms with Crippen LogP contribution in [-0.2, 0) is 9.53 Å². The minimum atomic E-state index is -0.698. The van der Waals surface area contributed by atoms with E-state index < -0.39 is 11.4 Å². The van der Waals surface area contributed by atoms with Crippen LogP contribution in [0.4, 0.5) is 0 Å². The van der Waals surface area contributed by atoms with Gasteiger partial charge in [0.1, 0.15) is 13.2 Å². The van der Waals surface area contributed by atoms with E-state index in [0.29, 0.717) is 43.2 Å². The second-order valence-corrected chi connectivity index (χ2v) is 6.19. The number of methoxy groups -OCH3 is 1. The Morgan fingerprint density at radius 3 is 2.88 bits per heavy atom. The lowest BCUT2D eigenvalue weighted by atomic mass is 9.91. The molecule has 1 aromatic carbocycles. The van der Waals surface area contributed by atoms with Gasteiger partial charge in [0.25, 0.3) is 5.91 Å². The molecule has 2 N–H and O–H groups in total. The number of hydrogen-bond acceptors (Lipinski definition) is 5. The molecule has 1 saturated heterocycles. The van der Waals surface area contributed by atoms with E-state index in [9.17, 15) is 9.59 Å². The summed E-state index contributed by atoms with van der Waals surface area (Å²) in [5.74, 6) is 0.402. The third-order valence-electron chi connectivity index (χ3n) is 4.55. The van der Waals surface area contributed by atoms with Crippen LogP contribution in [0.15, 0.2) is 18.2 Å². The first-order valence-corrected chi connectivity index (χ1v) is 8.05. The van der Waals surface area contributed by atoms with Crippen molar-refractivity contribution in [2.24, 2.45) is 5.73 Å². The number of nitrogens with zero attached hydrogens (tertiary/aromatic N) is 1. The van der Waals surface area contributed by atoms with Crippen molar-refractivity contribution in [3.8, 4) is 11.5 Å². The average molecular weight is 334 g/mol. The topological polar surface area (TPSA) is 91.1 Å². The number of hydrogen-bond donors (Lipinski definition) is 1. The molecule has 130 valence electrons. The molecule has 0 unspecified atom stereocenters. The lowest BCUT2D eigenvalue weighted by molar-refractivity contribution is -0.121. The van der Waals surface area contributed by atoms with Crippen molar-refractivity contribution < 1.29 is 23.8 Å². The highest BCUT2D eigenvalue weighted by molar-refractivity contribution is 5.99. The molecule has 0 spiro atoms. The molecule has 2 aliphatic rings. The lowest BCUT2D eigenvalue weighted by Gasteiger charge is -2.37. The van der Waals surface area contributed by atoms with E-state index in [1.807, 2.05) is 0 Å². The van der Waals surface area contributed by atoms with Crippen LogP contribution in [0.1, 0.15) is 29.6 Å². The molecule has 7 nitrogen and oxygen atoms in total. The molecule has 24 heavy (non-hydrogen) atoms. The van der Waals surface area contributed by atoms with Crippen LogP contribution < -0.4 is 15.2 Å². The summed E-state index contributed by atoms with van der Waals surface area (Å²) in [6.45, 7) is 1.69. The van der Waals surface area contributed by atoms with Crippen LogP contribution in [0.25, 0.3) is 0 Å². The molecule has 0 saturated carbocycles. The van der Waals surface area contributed by atoms with Crippen LogP contribution in [0.2, 0.25) is 0 Å². The predicted octanol–water partition coefficient (Wildman–Crippen LogP) is 0.954. The monoisotopic (exact) mass is 334 g/mol.